The van der Waals surface area contributed by atoms with Crippen LogP contribution in [-0.4, -0.2) is 30.8 Å². The van der Waals surface area contributed by atoms with E-state index in [1.807, 2.05) is 6.07 Å². The van der Waals surface area contributed by atoms with Gasteiger partial charge in [0.2, 0.25) is 0 Å². The fourth-order valence-electron chi connectivity index (χ4n) is 2.81. The lowest BCUT2D eigenvalue weighted by atomic mass is 9.90. The molecule has 0 spiro atoms. The van der Waals surface area contributed by atoms with Gasteiger partial charge in [0.1, 0.15) is 11.4 Å². The predicted molar refractivity (Wildman–Crippen MR) is 89.5 cm³/mol. The van der Waals surface area contributed by atoms with E-state index in [1.165, 1.54) is 0 Å². The van der Waals surface area contributed by atoms with Crippen LogP contribution in [0.5, 0.6) is 5.75 Å². The van der Waals surface area contributed by atoms with Gasteiger partial charge < -0.3 is 13.8 Å². The van der Waals surface area contributed by atoms with E-state index in [1.54, 1.807) is 46.9 Å². The van der Waals surface area contributed by atoms with Crippen molar-refractivity contribution in [2.75, 3.05) is 7.11 Å². The van der Waals surface area contributed by atoms with Crippen molar-refractivity contribution in [3.05, 3.63) is 29.3 Å². The number of ether oxygens (including phenoxy) is 1. The smallest absolute Gasteiger partial charge is 0.341 e. The Morgan fingerprint density at radius 3 is 2.26 bits per heavy atom. The van der Waals surface area contributed by atoms with Gasteiger partial charge in [-0.15, -0.1) is 0 Å². The minimum atomic E-state index is -3.52. The van der Waals surface area contributed by atoms with Crippen molar-refractivity contribution in [1.82, 2.24) is 0 Å². The molecule has 0 saturated heterocycles. The molecule has 0 fully saturated rings. The Labute approximate surface area is 137 Å². The van der Waals surface area contributed by atoms with Gasteiger partial charge in [0, 0.05) is 5.56 Å². The molecular formula is C17H25O5P. The summed E-state index contributed by atoms with van der Waals surface area (Å²) in [6, 6.07) is 5.34. The largest absolute Gasteiger partial charge is 0.497 e. The zero-order valence-electron chi connectivity index (χ0n) is 14.4. The molecule has 0 aliphatic heterocycles. The van der Waals surface area contributed by atoms with Gasteiger partial charge in [-0.2, -0.15) is 0 Å². The third-order valence-electron chi connectivity index (χ3n) is 3.66. The number of methoxy groups -OCH3 is 1. The topological polar surface area (TPSA) is 61.8 Å². The molecule has 2 rings (SSSR count). The molecule has 1 aromatic carbocycles. The molecular weight excluding hydrogens is 315 g/mol. The van der Waals surface area contributed by atoms with E-state index in [4.69, 9.17) is 13.8 Å². The predicted octanol–water partition coefficient (Wildman–Crippen LogP) is 4.24. The first-order valence-corrected chi connectivity index (χ1v) is 9.55. The summed E-state index contributed by atoms with van der Waals surface area (Å²) in [7, 11) is -1.92. The van der Waals surface area contributed by atoms with E-state index in [-0.39, 0.29) is 18.0 Å². The molecule has 1 aromatic rings. The summed E-state index contributed by atoms with van der Waals surface area (Å²) < 4.78 is 29.7. The number of Topliss-reactive ketones (excluding diaryl/α,β-unsaturated/α-hetero) is 1. The summed E-state index contributed by atoms with van der Waals surface area (Å²) >= 11 is 0. The van der Waals surface area contributed by atoms with Crippen LogP contribution < -0.4 is 4.74 Å². The molecule has 0 aromatic heterocycles. The molecule has 1 aliphatic carbocycles. The maximum atomic E-state index is 13.2. The summed E-state index contributed by atoms with van der Waals surface area (Å²) in [5, 5.41) is 0. The highest BCUT2D eigenvalue weighted by Gasteiger charge is 2.45. The molecule has 1 unspecified atom stereocenters. The number of carbonyl (C=O) groups is 1. The molecule has 0 saturated carbocycles. The maximum absolute atomic E-state index is 13.2. The average molecular weight is 340 g/mol. The van der Waals surface area contributed by atoms with E-state index >= 15 is 0 Å². The zero-order valence-corrected chi connectivity index (χ0v) is 15.3. The second-order valence-corrected chi connectivity index (χ2v) is 8.41. The quantitative estimate of drug-likeness (QED) is 0.725. The Morgan fingerprint density at radius 2 is 1.74 bits per heavy atom. The first-order valence-electron chi connectivity index (χ1n) is 7.94. The highest BCUT2D eigenvalue weighted by atomic mass is 31.2. The van der Waals surface area contributed by atoms with Crippen LogP contribution in [0.1, 0.15) is 50.0 Å². The molecule has 6 heteroatoms. The second-order valence-electron chi connectivity index (χ2n) is 6.29. The molecule has 5 nitrogen and oxygen atoms in total. The molecule has 0 radical (unpaired) electrons. The Hall–Kier alpha value is -1.16. The van der Waals surface area contributed by atoms with E-state index in [2.05, 4.69) is 0 Å². The zero-order chi connectivity index (χ0) is 17.2. The van der Waals surface area contributed by atoms with Crippen LogP contribution in [0, 0.1) is 0 Å². The van der Waals surface area contributed by atoms with Crippen molar-refractivity contribution in [3.8, 4) is 5.75 Å². The molecule has 0 heterocycles. The average Bonchev–Trinajstić information content (AvgIpc) is 2.45. The number of benzene rings is 1. The molecule has 0 N–H and O–H groups in total. The number of hydrogen-bond acceptors (Lipinski definition) is 5. The lowest BCUT2D eigenvalue weighted by Gasteiger charge is -2.32. The third-order valence-corrected chi connectivity index (χ3v) is 6.35. The normalized spacial score (nSPS) is 18.4. The van der Waals surface area contributed by atoms with Crippen LogP contribution in [0.25, 0.3) is 0 Å². The van der Waals surface area contributed by atoms with Gasteiger partial charge in [-0.25, -0.2) is 0 Å². The second kappa shape index (κ2) is 7.16. The maximum Gasteiger partial charge on any atom is 0.341 e. The Bertz CT molecular complexity index is 609. The van der Waals surface area contributed by atoms with Crippen molar-refractivity contribution in [2.24, 2.45) is 0 Å². The summed E-state index contributed by atoms with van der Waals surface area (Å²) in [6.07, 6.45) is 0.556. The highest BCUT2D eigenvalue weighted by Crippen LogP contribution is 2.58. The van der Waals surface area contributed by atoms with Crippen LogP contribution >= 0.6 is 7.60 Å². The summed E-state index contributed by atoms with van der Waals surface area (Å²) in [6.45, 7) is 7.18. The lowest BCUT2D eigenvalue weighted by Crippen LogP contribution is -2.31. The first-order chi connectivity index (χ1) is 10.8. The van der Waals surface area contributed by atoms with Crippen molar-refractivity contribution in [1.29, 1.82) is 0 Å². The molecule has 128 valence electrons. The van der Waals surface area contributed by atoms with Gasteiger partial charge in [0.25, 0.3) is 0 Å². The lowest BCUT2D eigenvalue weighted by molar-refractivity contribution is 0.0926. The number of ketones is 1. The van der Waals surface area contributed by atoms with Gasteiger partial charge in [0.15, 0.2) is 5.78 Å². The number of carbonyl (C=O) groups excluding carboxylic acids is 1. The van der Waals surface area contributed by atoms with E-state index in [9.17, 15) is 9.36 Å². The summed E-state index contributed by atoms with van der Waals surface area (Å²) in [5.41, 5.74) is 0.765. The van der Waals surface area contributed by atoms with Crippen LogP contribution in [0.4, 0.5) is 0 Å². The SMILES string of the molecule is COc1ccc2c(c1)CCC(P(=O)(OC(C)C)OC(C)C)C2=O. The third kappa shape index (κ3) is 4.03. The molecule has 1 aliphatic rings. The van der Waals surface area contributed by atoms with E-state index in [0.717, 1.165) is 11.3 Å². The Kier molecular flexibility index (Phi) is 5.66. The van der Waals surface area contributed by atoms with E-state index in [0.29, 0.717) is 18.4 Å². The van der Waals surface area contributed by atoms with Crippen LogP contribution in [0.15, 0.2) is 18.2 Å². The summed E-state index contributed by atoms with van der Waals surface area (Å²) in [5.74, 6) is 0.550. The number of hydrogen-bond donors (Lipinski definition) is 0. The minimum Gasteiger partial charge on any atom is -0.497 e. The minimum absolute atomic E-state index is 0.168. The van der Waals surface area contributed by atoms with Crippen molar-refractivity contribution in [2.45, 2.75) is 58.4 Å². The standard InChI is InChI=1S/C17H25O5P/c1-11(2)21-23(19,22-12(3)4)16-9-6-13-10-14(20-5)7-8-15(13)17(16)18/h7-8,10-12,16H,6,9H2,1-5H3. The van der Waals surface area contributed by atoms with Gasteiger partial charge in [-0.05, 0) is 64.3 Å². The molecule has 0 amide bonds. The van der Waals surface area contributed by atoms with Crippen molar-refractivity contribution < 1.29 is 23.1 Å². The van der Waals surface area contributed by atoms with Gasteiger partial charge >= 0.3 is 7.60 Å². The fourth-order valence-corrected chi connectivity index (χ4v) is 5.20. The Balaban J connectivity index is 2.35. The van der Waals surface area contributed by atoms with Gasteiger partial charge in [-0.1, -0.05) is 0 Å². The van der Waals surface area contributed by atoms with Crippen molar-refractivity contribution >= 4 is 13.4 Å². The number of rotatable bonds is 6. The number of aryl methyl sites for hydroxylation is 1. The molecule has 0 bridgehead atoms. The molecule has 1 atom stereocenters. The van der Waals surface area contributed by atoms with Gasteiger partial charge in [-0.3, -0.25) is 9.36 Å². The highest BCUT2D eigenvalue weighted by molar-refractivity contribution is 7.55. The summed E-state index contributed by atoms with van der Waals surface area (Å²) in [4.78, 5) is 12.9. The van der Waals surface area contributed by atoms with Crippen molar-refractivity contribution in [3.63, 3.8) is 0 Å². The molecule has 23 heavy (non-hydrogen) atoms. The van der Waals surface area contributed by atoms with Gasteiger partial charge in [0.05, 0.1) is 19.3 Å². The first kappa shape index (κ1) is 18.2. The van der Waals surface area contributed by atoms with E-state index < -0.39 is 13.3 Å². The van der Waals surface area contributed by atoms with Crippen LogP contribution in [0.2, 0.25) is 0 Å². The number of fused-ring (bicyclic) bond motifs is 1. The Morgan fingerprint density at radius 1 is 1.13 bits per heavy atom. The van der Waals surface area contributed by atoms with Crippen LogP contribution in [0.3, 0.4) is 0 Å². The monoisotopic (exact) mass is 340 g/mol. The fraction of sp³-hybridized carbons (Fsp3) is 0.588. The van der Waals surface area contributed by atoms with Crippen LogP contribution in [-0.2, 0) is 20.0 Å².